The molecule has 2 aromatic rings. The van der Waals surface area contributed by atoms with Crippen LogP contribution in [0, 0.1) is 11.8 Å². The Balaban J connectivity index is 1.98. The average Bonchev–Trinajstić information content (AvgIpc) is 3.01. The fraction of sp³-hybridized carbons (Fsp3) is 0.424. The summed E-state index contributed by atoms with van der Waals surface area (Å²) >= 11 is 0. The summed E-state index contributed by atoms with van der Waals surface area (Å²) < 4.78 is 5.27. The monoisotopic (exact) mass is 607 g/mol. The molecule has 0 aliphatic heterocycles. The largest absolute Gasteiger partial charge is 0.445 e. The first kappa shape index (κ1) is 35.7. The predicted molar refractivity (Wildman–Crippen MR) is 170 cm³/mol. The van der Waals surface area contributed by atoms with Crippen molar-refractivity contribution in [2.24, 2.45) is 28.3 Å². The third-order valence-electron chi connectivity index (χ3n) is 6.97. The number of rotatable bonds is 19. The number of Topliss-reactive ketones (excluding diaryl/α,β-unsaturated/α-hetero) is 1. The van der Waals surface area contributed by atoms with E-state index >= 15 is 0 Å². The molecule has 3 unspecified atom stereocenters. The number of carbonyl (C=O) groups excluding carboxylic acids is 4. The lowest BCUT2D eigenvalue weighted by molar-refractivity contribution is -0.132. The Morgan fingerprint density at radius 3 is 2.23 bits per heavy atom. The Morgan fingerprint density at radius 1 is 0.955 bits per heavy atom. The molecule has 3 atom stereocenters. The van der Waals surface area contributed by atoms with Crippen molar-refractivity contribution in [3.05, 3.63) is 77.9 Å². The molecule has 2 aromatic carbocycles. The summed E-state index contributed by atoms with van der Waals surface area (Å²) in [7, 11) is 0. The molecule has 44 heavy (non-hydrogen) atoms. The van der Waals surface area contributed by atoms with E-state index in [0.29, 0.717) is 12.8 Å². The SMILES string of the molecule is CC(C)C(CCC(=O)/C=C/c1ccccc1)NC(=O)C(CO)CC(=O)C(CCCN=C(N)N)NC(=O)OCc1ccccc1. The van der Waals surface area contributed by atoms with Gasteiger partial charge in [0.1, 0.15) is 6.61 Å². The second kappa shape index (κ2) is 19.6. The van der Waals surface area contributed by atoms with Crippen molar-refractivity contribution < 1.29 is 29.0 Å². The van der Waals surface area contributed by atoms with Gasteiger partial charge < -0.3 is 31.9 Å². The summed E-state index contributed by atoms with van der Waals surface area (Å²) in [5.41, 5.74) is 12.5. The van der Waals surface area contributed by atoms with E-state index in [-0.39, 0.29) is 56.1 Å². The second-order valence-corrected chi connectivity index (χ2v) is 10.9. The van der Waals surface area contributed by atoms with Crippen molar-refractivity contribution in [1.29, 1.82) is 0 Å². The van der Waals surface area contributed by atoms with Crippen LogP contribution >= 0.6 is 0 Å². The number of nitrogens with one attached hydrogen (secondary N) is 2. The van der Waals surface area contributed by atoms with Crippen LogP contribution in [0.2, 0.25) is 0 Å². The lowest BCUT2D eigenvalue weighted by Gasteiger charge is -2.25. The minimum absolute atomic E-state index is 0.00392. The summed E-state index contributed by atoms with van der Waals surface area (Å²) in [5.74, 6) is -2.14. The number of aliphatic hydroxyl groups excluding tert-OH is 1. The number of hydrogen-bond acceptors (Lipinski definition) is 7. The summed E-state index contributed by atoms with van der Waals surface area (Å²) in [6.45, 7) is 3.54. The number of benzene rings is 2. The van der Waals surface area contributed by atoms with Gasteiger partial charge in [-0.05, 0) is 42.4 Å². The molecule has 2 amide bonds. The number of nitrogens with two attached hydrogens (primary N) is 2. The van der Waals surface area contributed by atoms with Crippen molar-refractivity contribution in [1.82, 2.24) is 10.6 Å². The summed E-state index contributed by atoms with van der Waals surface area (Å²) in [4.78, 5) is 55.3. The zero-order valence-electron chi connectivity index (χ0n) is 25.5. The Hall–Kier alpha value is -4.51. The second-order valence-electron chi connectivity index (χ2n) is 10.9. The van der Waals surface area contributed by atoms with Gasteiger partial charge in [0, 0.05) is 25.4 Å². The number of alkyl carbamates (subject to hydrolysis) is 1. The number of ether oxygens (including phenoxy) is 1. The standard InChI is InChI=1S/C33H45N5O6/c1-23(2)28(18-17-27(40)16-15-24-10-5-3-6-11-24)37-31(42)26(21-39)20-30(41)29(14-9-19-36-32(34)35)38-33(43)44-22-25-12-7-4-8-13-25/h3-8,10-13,15-16,23,26,28-29,39H,9,14,17-22H2,1-2H3,(H,37,42)(H,38,43)(H4,34,35,36)/b16-15+. The van der Waals surface area contributed by atoms with Crippen molar-refractivity contribution in [2.45, 2.75) is 64.6 Å². The van der Waals surface area contributed by atoms with E-state index in [1.54, 1.807) is 18.2 Å². The fourth-order valence-electron chi connectivity index (χ4n) is 4.36. The van der Waals surface area contributed by atoms with E-state index in [9.17, 15) is 24.3 Å². The summed E-state index contributed by atoms with van der Waals surface area (Å²) in [6, 6.07) is 17.2. The number of ketones is 2. The summed E-state index contributed by atoms with van der Waals surface area (Å²) in [5, 5.41) is 15.5. The van der Waals surface area contributed by atoms with Crippen molar-refractivity contribution >= 4 is 35.6 Å². The maximum atomic E-state index is 13.3. The molecule has 11 heteroatoms. The molecule has 0 aliphatic carbocycles. The maximum absolute atomic E-state index is 13.3. The third kappa shape index (κ3) is 14.1. The molecule has 0 saturated heterocycles. The van der Waals surface area contributed by atoms with E-state index in [1.165, 1.54) is 6.08 Å². The molecule has 0 heterocycles. The van der Waals surface area contributed by atoms with E-state index in [2.05, 4.69) is 15.6 Å². The van der Waals surface area contributed by atoms with E-state index in [1.807, 2.05) is 62.4 Å². The number of aliphatic hydroxyl groups is 1. The topological polar surface area (TPSA) is 186 Å². The molecule has 0 spiro atoms. The lowest BCUT2D eigenvalue weighted by Crippen LogP contribution is -2.46. The van der Waals surface area contributed by atoms with Gasteiger partial charge in [0.15, 0.2) is 17.5 Å². The van der Waals surface area contributed by atoms with Crippen LogP contribution in [0.1, 0.15) is 57.1 Å². The highest BCUT2D eigenvalue weighted by Gasteiger charge is 2.29. The van der Waals surface area contributed by atoms with Gasteiger partial charge in [-0.3, -0.25) is 19.4 Å². The van der Waals surface area contributed by atoms with Gasteiger partial charge in [-0.15, -0.1) is 0 Å². The predicted octanol–water partition coefficient (Wildman–Crippen LogP) is 3.11. The number of carbonyl (C=O) groups is 4. The molecule has 0 aliphatic rings. The number of aliphatic imine (C=N–C) groups is 1. The summed E-state index contributed by atoms with van der Waals surface area (Å²) in [6.07, 6.45) is 3.38. The van der Waals surface area contributed by atoms with Crippen LogP contribution in [-0.2, 0) is 25.7 Å². The molecule has 2 rings (SSSR count). The normalized spacial score (nSPS) is 13.1. The van der Waals surface area contributed by atoms with Crippen LogP contribution in [0.15, 0.2) is 71.7 Å². The first-order chi connectivity index (χ1) is 21.1. The van der Waals surface area contributed by atoms with Crippen LogP contribution in [0.3, 0.4) is 0 Å². The Bertz CT molecular complexity index is 1250. The molecule has 0 fully saturated rings. The van der Waals surface area contributed by atoms with E-state index in [4.69, 9.17) is 16.2 Å². The third-order valence-corrected chi connectivity index (χ3v) is 6.97. The van der Waals surface area contributed by atoms with E-state index in [0.717, 1.165) is 11.1 Å². The minimum atomic E-state index is -1.04. The first-order valence-corrected chi connectivity index (χ1v) is 14.8. The molecule has 0 saturated carbocycles. The lowest BCUT2D eigenvalue weighted by atomic mass is 9.93. The highest BCUT2D eigenvalue weighted by molar-refractivity contribution is 5.94. The molecule has 11 nitrogen and oxygen atoms in total. The molecule has 0 aromatic heterocycles. The van der Waals surface area contributed by atoms with Gasteiger partial charge in [0.25, 0.3) is 0 Å². The number of allylic oxidation sites excluding steroid dienone is 1. The van der Waals surface area contributed by atoms with Gasteiger partial charge >= 0.3 is 6.09 Å². The molecule has 7 N–H and O–H groups in total. The first-order valence-electron chi connectivity index (χ1n) is 14.8. The molecule has 0 radical (unpaired) electrons. The Labute approximate surface area is 259 Å². The Morgan fingerprint density at radius 2 is 1.61 bits per heavy atom. The van der Waals surface area contributed by atoms with Crippen LogP contribution in [0.5, 0.6) is 0 Å². The highest BCUT2D eigenvalue weighted by atomic mass is 16.5. The van der Waals surface area contributed by atoms with Crippen molar-refractivity contribution in [2.75, 3.05) is 13.2 Å². The van der Waals surface area contributed by atoms with Gasteiger partial charge in [-0.25, -0.2) is 4.79 Å². The number of guanidine groups is 1. The smallest absolute Gasteiger partial charge is 0.408 e. The minimum Gasteiger partial charge on any atom is -0.445 e. The van der Waals surface area contributed by atoms with Crippen molar-refractivity contribution in [3.8, 4) is 0 Å². The van der Waals surface area contributed by atoms with Crippen LogP contribution in [0.25, 0.3) is 6.08 Å². The van der Waals surface area contributed by atoms with E-state index < -0.39 is 36.4 Å². The number of nitrogens with zero attached hydrogens (tertiary/aromatic N) is 1. The molecule has 0 bridgehead atoms. The van der Waals surface area contributed by atoms with Crippen LogP contribution in [0.4, 0.5) is 4.79 Å². The maximum Gasteiger partial charge on any atom is 0.408 e. The Kier molecular flexibility index (Phi) is 15.9. The fourth-order valence-corrected chi connectivity index (χ4v) is 4.36. The van der Waals surface area contributed by atoms with Gasteiger partial charge in [0.2, 0.25) is 5.91 Å². The van der Waals surface area contributed by atoms with Gasteiger partial charge in [-0.1, -0.05) is 80.6 Å². The molecule has 238 valence electrons. The van der Waals surface area contributed by atoms with Gasteiger partial charge in [-0.2, -0.15) is 0 Å². The van der Waals surface area contributed by atoms with Crippen molar-refractivity contribution in [3.63, 3.8) is 0 Å². The molecular weight excluding hydrogens is 562 g/mol. The zero-order valence-corrected chi connectivity index (χ0v) is 25.5. The van der Waals surface area contributed by atoms with Gasteiger partial charge in [0.05, 0.1) is 18.6 Å². The quantitative estimate of drug-likeness (QED) is 0.0697. The van der Waals surface area contributed by atoms with Crippen LogP contribution in [-0.4, -0.2) is 59.9 Å². The highest BCUT2D eigenvalue weighted by Crippen LogP contribution is 2.15. The number of hydrogen-bond donors (Lipinski definition) is 5. The average molecular weight is 608 g/mol. The van der Waals surface area contributed by atoms with Crippen LogP contribution < -0.4 is 22.1 Å². The number of amides is 2. The molecular formula is C33H45N5O6. The zero-order chi connectivity index (χ0) is 32.3.